The molecule has 1 aliphatic rings. The second kappa shape index (κ2) is 6.06. The summed E-state index contributed by atoms with van der Waals surface area (Å²) in [5.74, 6) is 0.990. The van der Waals surface area contributed by atoms with Crippen molar-refractivity contribution in [2.45, 2.75) is 25.8 Å². The number of hydrogen-bond donors (Lipinski definition) is 1. The molecule has 1 saturated heterocycles. The molecule has 1 N–H and O–H groups in total. The van der Waals surface area contributed by atoms with Crippen LogP contribution >= 0.6 is 0 Å². The lowest BCUT2D eigenvalue weighted by Crippen LogP contribution is -2.23. The SMILES string of the molecule is CCN1CCCC1c1cccnc1Nc1ccccc1. The first-order chi connectivity index (χ1) is 9.88. The van der Waals surface area contributed by atoms with Crippen molar-refractivity contribution in [2.24, 2.45) is 0 Å². The lowest BCUT2D eigenvalue weighted by atomic mass is 10.1. The Labute approximate surface area is 120 Å². The van der Waals surface area contributed by atoms with Gasteiger partial charge in [0.2, 0.25) is 0 Å². The van der Waals surface area contributed by atoms with Crippen LogP contribution in [0.1, 0.15) is 31.4 Å². The van der Waals surface area contributed by atoms with Gasteiger partial charge in [-0.1, -0.05) is 31.2 Å². The highest BCUT2D eigenvalue weighted by Gasteiger charge is 2.26. The van der Waals surface area contributed by atoms with Crippen LogP contribution in [-0.2, 0) is 0 Å². The van der Waals surface area contributed by atoms with Crippen LogP contribution < -0.4 is 5.32 Å². The number of pyridine rings is 1. The highest BCUT2D eigenvalue weighted by atomic mass is 15.2. The van der Waals surface area contributed by atoms with E-state index in [2.05, 4.69) is 40.3 Å². The first-order valence-corrected chi connectivity index (χ1v) is 7.39. The molecule has 0 saturated carbocycles. The van der Waals surface area contributed by atoms with Crippen molar-refractivity contribution in [2.75, 3.05) is 18.4 Å². The Morgan fingerprint density at radius 1 is 1.20 bits per heavy atom. The zero-order valence-corrected chi connectivity index (χ0v) is 11.9. The first kappa shape index (κ1) is 13.1. The molecule has 0 spiro atoms. The Morgan fingerprint density at radius 2 is 2.05 bits per heavy atom. The van der Waals surface area contributed by atoms with Gasteiger partial charge in [-0.2, -0.15) is 0 Å². The maximum absolute atomic E-state index is 4.55. The van der Waals surface area contributed by atoms with Crippen molar-refractivity contribution < 1.29 is 0 Å². The molecule has 2 heterocycles. The van der Waals surface area contributed by atoms with Crippen molar-refractivity contribution in [3.63, 3.8) is 0 Å². The molecule has 1 aliphatic heterocycles. The first-order valence-electron chi connectivity index (χ1n) is 7.39. The molecule has 1 unspecified atom stereocenters. The molecular weight excluding hydrogens is 246 g/mol. The van der Waals surface area contributed by atoms with Gasteiger partial charge in [-0.05, 0) is 44.1 Å². The largest absolute Gasteiger partial charge is 0.340 e. The topological polar surface area (TPSA) is 28.2 Å². The van der Waals surface area contributed by atoms with Crippen molar-refractivity contribution in [3.05, 3.63) is 54.2 Å². The predicted molar refractivity (Wildman–Crippen MR) is 83.2 cm³/mol. The minimum absolute atomic E-state index is 0.500. The zero-order valence-electron chi connectivity index (χ0n) is 11.9. The van der Waals surface area contributed by atoms with Crippen molar-refractivity contribution >= 4 is 11.5 Å². The maximum Gasteiger partial charge on any atom is 0.135 e. The van der Waals surface area contributed by atoms with Gasteiger partial charge in [0.1, 0.15) is 5.82 Å². The summed E-state index contributed by atoms with van der Waals surface area (Å²) in [6, 6.07) is 15.0. The number of likely N-dealkylation sites (tertiary alicyclic amines) is 1. The molecule has 104 valence electrons. The summed E-state index contributed by atoms with van der Waals surface area (Å²) < 4.78 is 0. The van der Waals surface area contributed by atoms with E-state index in [1.54, 1.807) is 0 Å². The summed E-state index contributed by atoms with van der Waals surface area (Å²) in [4.78, 5) is 7.08. The molecule has 1 aromatic carbocycles. The van der Waals surface area contributed by atoms with E-state index < -0.39 is 0 Å². The number of nitrogens with one attached hydrogen (secondary N) is 1. The molecular formula is C17H21N3. The number of rotatable bonds is 4. The van der Waals surface area contributed by atoms with E-state index in [4.69, 9.17) is 0 Å². The number of hydrogen-bond acceptors (Lipinski definition) is 3. The molecule has 0 aliphatic carbocycles. The Balaban J connectivity index is 1.88. The lowest BCUT2D eigenvalue weighted by Gasteiger charge is -2.24. The fourth-order valence-corrected chi connectivity index (χ4v) is 3.01. The monoisotopic (exact) mass is 267 g/mol. The smallest absolute Gasteiger partial charge is 0.135 e. The standard InChI is InChI=1S/C17H21N3/c1-2-20-13-7-11-16(20)15-10-6-12-18-17(15)19-14-8-4-3-5-9-14/h3-6,8-10,12,16H,2,7,11,13H2,1H3,(H,18,19). The fourth-order valence-electron chi connectivity index (χ4n) is 3.01. The Hall–Kier alpha value is -1.87. The van der Waals surface area contributed by atoms with E-state index in [-0.39, 0.29) is 0 Å². The molecule has 0 bridgehead atoms. The maximum atomic E-state index is 4.55. The van der Waals surface area contributed by atoms with Gasteiger partial charge in [0.25, 0.3) is 0 Å². The van der Waals surface area contributed by atoms with E-state index in [0.29, 0.717) is 6.04 Å². The number of anilines is 2. The number of aromatic nitrogens is 1. The third-order valence-electron chi connectivity index (χ3n) is 4.00. The third kappa shape index (κ3) is 2.68. The average molecular weight is 267 g/mol. The molecule has 20 heavy (non-hydrogen) atoms. The second-order valence-corrected chi connectivity index (χ2v) is 5.22. The van der Waals surface area contributed by atoms with Crippen LogP contribution in [-0.4, -0.2) is 23.0 Å². The molecule has 0 radical (unpaired) electrons. The summed E-state index contributed by atoms with van der Waals surface area (Å²) in [6.45, 7) is 4.53. The predicted octanol–water partition coefficient (Wildman–Crippen LogP) is 3.98. The number of para-hydroxylation sites is 1. The average Bonchev–Trinajstić information content (AvgIpc) is 2.97. The molecule has 0 amide bonds. The van der Waals surface area contributed by atoms with Gasteiger partial charge >= 0.3 is 0 Å². The summed E-state index contributed by atoms with van der Waals surface area (Å²) in [5.41, 5.74) is 2.41. The molecule has 2 aromatic rings. The van der Waals surface area contributed by atoms with Crippen molar-refractivity contribution in [1.29, 1.82) is 0 Å². The van der Waals surface area contributed by atoms with Gasteiger partial charge in [-0.25, -0.2) is 4.98 Å². The second-order valence-electron chi connectivity index (χ2n) is 5.22. The van der Waals surface area contributed by atoms with Gasteiger partial charge in [0, 0.05) is 23.5 Å². The van der Waals surface area contributed by atoms with Crippen molar-refractivity contribution in [1.82, 2.24) is 9.88 Å². The fraction of sp³-hybridized carbons (Fsp3) is 0.353. The van der Waals surface area contributed by atoms with Crippen LogP contribution in [0.5, 0.6) is 0 Å². The number of nitrogens with zero attached hydrogens (tertiary/aromatic N) is 2. The summed E-state index contributed by atoms with van der Waals surface area (Å²) in [5, 5.41) is 3.46. The minimum atomic E-state index is 0.500. The van der Waals surface area contributed by atoms with Crippen LogP contribution in [0.2, 0.25) is 0 Å². The summed E-state index contributed by atoms with van der Waals surface area (Å²) in [6.07, 6.45) is 4.36. The minimum Gasteiger partial charge on any atom is -0.340 e. The van der Waals surface area contributed by atoms with Crippen LogP contribution in [0.4, 0.5) is 11.5 Å². The van der Waals surface area contributed by atoms with Crippen LogP contribution in [0.25, 0.3) is 0 Å². The van der Waals surface area contributed by atoms with Gasteiger partial charge in [0.05, 0.1) is 0 Å². The van der Waals surface area contributed by atoms with E-state index in [1.807, 2.05) is 30.5 Å². The van der Waals surface area contributed by atoms with Crippen LogP contribution in [0.3, 0.4) is 0 Å². The van der Waals surface area contributed by atoms with Crippen LogP contribution in [0.15, 0.2) is 48.7 Å². The molecule has 1 aromatic heterocycles. The van der Waals surface area contributed by atoms with E-state index in [1.165, 1.54) is 24.9 Å². The van der Waals surface area contributed by atoms with E-state index in [9.17, 15) is 0 Å². The lowest BCUT2D eigenvalue weighted by molar-refractivity contribution is 0.272. The van der Waals surface area contributed by atoms with Crippen molar-refractivity contribution in [3.8, 4) is 0 Å². The molecule has 3 nitrogen and oxygen atoms in total. The molecule has 3 heteroatoms. The van der Waals surface area contributed by atoms with Gasteiger partial charge in [0.15, 0.2) is 0 Å². The summed E-state index contributed by atoms with van der Waals surface area (Å²) >= 11 is 0. The zero-order chi connectivity index (χ0) is 13.8. The Kier molecular flexibility index (Phi) is 3.97. The normalized spacial score (nSPS) is 19.1. The molecule has 3 rings (SSSR count). The molecule has 1 atom stereocenters. The van der Waals surface area contributed by atoms with Gasteiger partial charge < -0.3 is 5.32 Å². The Morgan fingerprint density at radius 3 is 2.85 bits per heavy atom. The quantitative estimate of drug-likeness (QED) is 0.908. The number of benzene rings is 1. The van der Waals surface area contributed by atoms with E-state index in [0.717, 1.165) is 18.1 Å². The highest BCUT2D eigenvalue weighted by molar-refractivity contribution is 5.59. The van der Waals surface area contributed by atoms with Gasteiger partial charge in [-0.15, -0.1) is 0 Å². The van der Waals surface area contributed by atoms with Gasteiger partial charge in [-0.3, -0.25) is 4.90 Å². The highest BCUT2D eigenvalue weighted by Crippen LogP contribution is 2.35. The summed E-state index contributed by atoms with van der Waals surface area (Å²) in [7, 11) is 0. The third-order valence-corrected chi connectivity index (χ3v) is 4.00. The molecule has 1 fully saturated rings. The van der Waals surface area contributed by atoms with Crippen LogP contribution in [0, 0.1) is 0 Å². The Bertz CT molecular complexity index is 553. The van der Waals surface area contributed by atoms with E-state index >= 15 is 0 Å².